The number of morpholine rings is 1. The first-order valence-electron chi connectivity index (χ1n) is 9.58. The Morgan fingerprint density at radius 3 is 2.79 bits per heavy atom. The predicted molar refractivity (Wildman–Crippen MR) is 114 cm³/mol. The van der Waals surface area contributed by atoms with Gasteiger partial charge in [-0.15, -0.1) is 0 Å². The average molecular weight is 408 g/mol. The van der Waals surface area contributed by atoms with Crippen molar-refractivity contribution >= 4 is 44.0 Å². The fourth-order valence-corrected chi connectivity index (χ4v) is 4.48. The largest absolute Gasteiger partial charge is 0.382 e. The number of anilines is 2. The number of rotatable bonds is 4. The maximum absolute atomic E-state index is 12.6. The van der Waals surface area contributed by atoms with Crippen molar-refractivity contribution in [3.63, 3.8) is 0 Å². The van der Waals surface area contributed by atoms with Crippen LogP contribution in [0.1, 0.15) is 12.0 Å². The minimum Gasteiger partial charge on any atom is -0.382 e. The monoisotopic (exact) mass is 408 g/mol. The van der Waals surface area contributed by atoms with E-state index in [0.717, 1.165) is 58.6 Å². The Bertz CT molecular complexity index is 1060. The summed E-state index contributed by atoms with van der Waals surface area (Å²) in [5.74, 6) is -0.197. The molecule has 7 nitrogen and oxygen atoms in total. The second kappa shape index (κ2) is 7.81. The lowest BCUT2D eigenvalue weighted by molar-refractivity contribution is -0.125. The first-order valence-corrected chi connectivity index (χ1v) is 10.4. The van der Waals surface area contributed by atoms with Crippen molar-refractivity contribution in [2.45, 2.75) is 12.5 Å². The average Bonchev–Trinajstić information content (AvgIpc) is 3.42. The lowest BCUT2D eigenvalue weighted by Gasteiger charge is -2.25. The van der Waals surface area contributed by atoms with Crippen molar-refractivity contribution in [1.82, 2.24) is 4.98 Å². The molecule has 0 bridgehead atoms. The lowest BCUT2D eigenvalue weighted by atomic mass is 10.0. The number of amides is 1. The number of hydrogen-bond donors (Lipinski definition) is 1. The number of nitrogens with one attached hydrogen (secondary N) is 1. The molecule has 1 saturated heterocycles. The Kier molecular flexibility index (Phi) is 4.87. The van der Waals surface area contributed by atoms with Crippen LogP contribution in [-0.4, -0.2) is 49.0 Å². The van der Waals surface area contributed by atoms with Gasteiger partial charge in [0.05, 0.1) is 29.1 Å². The molecule has 1 fully saturated rings. The van der Waals surface area contributed by atoms with E-state index in [-0.39, 0.29) is 5.91 Å². The second-order valence-electron chi connectivity index (χ2n) is 6.97. The summed E-state index contributed by atoms with van der Waals surface area (Å²) in [6, 6.07) is 15.5. The highest BCUT2D eigenvalue weighted by Crippen LogP contribution is 2.31. The van der Waals surface area contributed by atoms with Crippen LogP contribution < -0.4 is 10.2 Å². The molecular weight excluding hydrogens is 388 g/mol. The van der Waals surface area contributed by atoms with Crippen molar-refractivity contribution in [1.29, 1.82) is 0 Å². The molecular formula is C21H20N4O3S. The van der Waals surface area contributed by atoms with E-state index in [2.05, 4.69) is 15.4 Å². The van der Waals surface area contributed by atoms with E-state index in [1.54, 1.807) is 11.3 Å². The zero-order valence-corrected chi connectivity index (χ0v) is 16.5. The van der Waals surface area contributed by atoms with E-state index >= 15 is 0 Å². The molecule has 2 aliphatic rings. The normalized spacial score (nSPS) is 19.1. The molecule has 1 unspecified atom stereocenters. The molecule has 1 atom stereocenters. The maximum atomic E-state index is 12.6. The smallest absolute Gasteiger partial charge is 0.268 e. The number of benzene rings is 2. The molecule has 0 radical (unpaired) electrons. The van der Waals surface area contributed by atoms with Crippen LogP contribution in [0.5, 0.6) is 0 Å². The lowest BCUT2D eigenvalue weighted by Crippen LogP contribution is -2.36. The van der Waals surface area contributed by atoms with Crippen LogP contribution in [-0.2, 0) is 14.4 Å². The molecule has 1 amide bonds. The standard InChI is InChI=1S/C21H20N4O3S/c26-20(18-13-17(24-28-18)14-4-2-1-3-5-14)22-15-6-7-16-19(12-15)29-21(23-16)25-8-10-27-11-9-25/h1-7,12,18H,8-11,13H2,(H,22,26). The van der Waals surface area contributed by atoms with E-state index in [1.807, 2.05) is 48.5 Å². The van der Waals surface area contributed by atoms with Gasteiger partial charge in [0.2, 0.25) is 6.10 Å². The quantitative estimate of drug-likeness (QED) is 0.717. The molecule has 2 aliphatic heterocycles. The minimum atomic E-state index is -0.619. The van der Waals surface area contributed by atoms with Gasteiger partial charge in [-0.05, 0) is 23.8 Å². The first-order chi connectivity index (χ1) is 14.3. The van der Waals surface area contributed by atoms with Crippen LogP contribution in [0.25, 0.3) is 10.2 Å². The molecule has 3 heterocycles. The number of ether oxygens (including phenoxy) is 1. The predicted octanol–water partition coefficient (Wildman–Crippen LogP) is 3.26. The van der Waals surface area contributed by atoms with E-state index in [4.69, 9.17) is 14.6 Å². The van der Waals surface area contributed by atoms with Crippen LogP contribution in [0.2, 0.25) is 0 Å². The Morgan fingerprint density at radius 2 is 1.97 bits per heavy atom. The van der Waals surface area contributed by atoms with E-state index in [0.29, 0.717) is 6.42 Å². The van der Waals surface area contributed by atoms with Gasteiger partial charge in [0.25, 0.3) is 5.91 Å². The zero-order valence-electron chi connectivity index (χ0n) is 15.7. The number of carbonyl (C=O) groups excluding carboxylic acids is 1. The van der Waals surface area contributed by atoms with Crippen LogP contribution in [0.15, 0.2) is 53.7 Å². The van der Waals surface area contributed by atoms with E-state index < -0.39 is 6.10 Å². The number of aromatic nitrogens is 1. The fraction of sp³-hybridized carbons (Fsp3) is 0.286. The Hall–Kier alpha value is -2.97. The van der Waals surface area contributed by atoms with Crippen molar-refractivity contribution < 1.29 is 14.4 Å². The van der Waals surface area contributed by atoms with Crippen molar-refractivity contribution in [3.05, 3.63) is 54.1 Å². The summed E-state index contributed by atoms with van der Waals surface area (Å²) in [5.41, 5.74) is 3.43. The number of hydrogen-bond acceptors (Lipinski definition) is 7. The maximum Gasteiger partial charge on any atom is 0.268 e. The van der Waals surface area contributed by atoms with Crippen LogP contribution in [0.3, 0.4) is 0 Å². The molecule has 0 aliphatic carbocycles. The third-order valence-corrected chi connectivity index (χ3v) is 6.07. The minimum absolute atomic E-state index is 0.197. The fourth-order valence-electron chi connectivity index (χ4n) is 3.42. The SMILES string of the molecule is O=C(Nc1ccc2nc(N3CCOCC3)sc2c1)C1CC(c2ccccc2)=NO1. The van der Waals surface area contributed by atoms with Crippen LogP contribution >= 0.6 is 11.3 Å². The van der Waals surface area contributed by atoms with Gasteiger partial charge in [-0.1, -0.05) is 46.8 Å². The van der Waals surface area contributed by atoms with Crippen molar-refractivity contribution in [3.8, 4) is 0 Å². The number of fused-ring (bicyclic) bond motifs is 1. The third-order valence-electron chi connectivity index (χ3n) is 4.99. The molecule has 5 rings (SSSR count). The molecule has 29 heavy (non-hydrogen) atoms. The summed E-state index contributed by atoms with van der Waals surface area (Å²) >= 11 is 1.63. The molecule has 1 aromatic heterocycles. The van der Waals surface area contributed by atoms with Gasteiger partial charge in [-0.2, -0.15) is 0 Å². The van der Waals surface area contributed by atoms with Crippen LogP contribution in [0, 0.1) is 0 Å². The number of oxime groups is 1. The highest BCUT2D eigenvalue weighted by Gasteiger charge is 2.29. The van der Waals surface area contributed by atoms with Crippen molar-refractivity contribution in [2.75, 3.05) is 36.5 Å². The van der Waals surface area contributed by atoms with Gasteiger partial charge in [-0.3, -0.25) is 4.79 Å². The topological polar surface area (TPSA) is 76.1 Å². The summed E-state index contributed by atoms with van der Waals surface area (Å²) in [7, 11) is 0. The Morgan fingerprint density at radius 1 is 1.14 bits per heavy atom. The van der Waals surface area contributed by atoms with Gasteiger partial charge in [0.15, 0.2) is 5.13 Å². The Balaban J connectivity index is 1.26. The van der Waals surface area contributed by atoms with Gasteiger partial charge in [-0.25, -0.2) is 4.98 Å². The molecule has 1 N–H and O–H groups in total. The van der Waals surface area contributed by atoms with E-state index in [1.165, 1.54) is 0 Å². The Labute approximate surface area is 171 Å². The summed E-state index contributed by atoms with van der Waals surface area (Å²) < 4.78 is 6.45. The molecule has 3 aromatic rings. The second-order valence-corrected chi connectivity index (χ2v) is 7.98. The molecule has 2 aromatic carbocycles. The summed E-state index contributed by atoms with van der Waals surface area (Å²) in [4.78, 5) is 25.0. The van der Waals surface area contributed by atoms with Gasteiger partial charge in [0.1, 0.15) is 0 Å². The summed E-state index contributed by atoms with van der Waals surface area (Å²) in [5, 5.41) is 8.02. The zero-order chi connectivity index (χ0) is 19.6. The molecule has 0 spiro atoms. The number of nitrogens with zero attached hydrogens (tertiary/aromatic N) is 3. The molecule has 0 saturated carbocycles. The third kappa shape index (κ3) is 3.81. The summed E-state index contributed by atoms with van der Waals surface area (Å²) in [6.45, 7) is 3.16. The number of thiazole rings is 1. The van der Waals surface area contributed by atoms with Gasteiger partial charge >= 0.3 is 0 Å². The molecule has 148 valence electrons. The van der Waals surface area contributed by atoms with Crippen LogP contribution in [0.4, 0.5) is 10.8 Å². The first kappa shape index (κ1) is 18.1. The van der Waals surface area contributed by atoms with E-state index in [9.17, 15) is 4.79 Å². The highest BCUT2D eigenvalue weighted by atomic mass is 32.1. The van der Waals surface area contributed by atoms with Gasteiger partial charge in [0, 0.05) is 25.2 Å². The number of carbonyl (C=O) groups is 1. The molecule has 8 heteroatoms. The highest BCUT2D eigenvalue weighted by molar-refractivity contribution is 7.22. The summed E-state index contributed by atoms with van der Waals surface area (Å²) in [6.07, 6.45) is -0.161. The van der Waals surface area contributed by atoms with Crippen molar-refractivity contribution in [2.24, 2.45) is 5.16 Å². The van der Waals surface area contributed by atoms with Gasteiger partial charge < -0.3 is 19.8 Å².